The Hall–Kier alpha value is -0.680. The molecule has 0 spiro atoms. The molecule has 1 unspecified atom stereocenters. The number of rotatable bonds is 5. The molecule has 4 atom stereocenters. The predicted molar refractivity (Wildman–Crippen MR) is 55.6 cm³/mol. The highest BCUT2D eigenvalue weighted by molar-refractivity contribution is 5.66. The van der Waals surface area contributed by atoms with Gasteiger partial charge in [0.1, 0.15) is 12.9 Å². The molecule has 1 aliphatic rings. The van der Waals surface area contributed by atoms with Crippen LogP contribution < -0.4 is 0 Å². The Labute approximate surface area is 95.1 Å². The Morgan fingerprint density at radius 3 is 2.69 bits per heavy atom. The molecule has 0 amide bonds. The van der Waals surface area contributed by atoms with Gasteiger partial charge in [-0.25, -0.2) is 4.39 Å². The zero-order valence-corrected chi connectivity index (χ0v) is 9.94. The van der Waals surface area contributed by atoms with Gasteiger partial charge in [-0.2, -0.15) is 0 Å². The van der Waals surface area contributed by atoms with Crippen molar-refractivity contribution in [2.75, 3.05) is 13.9 Å². The van der Waals surface area contributed by atoms with E-state index in [2.05, 4.69) is 0 Å². The van der Waals surface area contributed by atoms with Crippen LogP contribution in [0.5, 0.6) is 0 Å². The van der Waals surface area contributed by atoms with Gasteiger partial charge in [-0.15, -0.1) is 0 Å². The van der Waals surface area contributed by atoms with Gasteiger partial charge in [0.15, 0.2) is 6.17 Å². The fourth-order valence-electron chi connectivity index (χ4n) is 2.13. The maximum atomic E-state index is 13.9. The minimum Gasteiger partial charge on any atom is -0.459 e. The smallest absolute Gasteiger partial charge is 0.303 e. The molecule has 0 radical (unpaired) electrons. The zero-order valence-electron chi connectivity index (χ0n) is 9.94. The highest BCUT2D eigenvalue weighted by Crippen LogP contribution is 2.35. The molecule has 16 heavy (non-hydrogen) atoms. The Kier molecular flexibility index (Phi) is 5.15. The second-order valence-corrected chi connectivity index (χ2v) is 4.03. The molecule has 1 fully saturated rings. The first-order valence-electron chi connectivity index (χ1n) is 5.52. The largest absolute Gasteiger partial charge is 0.459 e. The third-order valence-electron chi connectivity index (χ3n) is 2.89. The predicted octanol–water partition coefficient (Wildman–Crippen LogP) is 1.68. The van der Waals surface area contributed by atoms with Crippen LogP contribution in [0.3, 0.4) is 0 Å². The van der Waals surface area contributed by atoms with Crippen LogP contribution in [-0.4, -0.2) is 38.3 Å². The molecule has 0 bridgehead atoms. The van der Waals surface area contributed by atoms with E-state index in [0.29, 0.717) is 6.42 Å². The summed E-state index contributed by atoms with van der Waals surface area (Å²) in [5.41, 5.74) is 0. The molecule has 1 saturated carbocycles. The molecule has 5 heteroatoms. The summed E-state index contributed by atoms with van der Waals surface area (Å²) in [7, 11) is 1.49. The lowest BCUT2D eigenvalue weighted by Gasteiger charge is -2.20. The van der Waals surface area contributed by atoms with Crippen molar-refractivity contribution in [1.29, 1.82) is 0 Å². The van der Waals surface area contributed by atoms with Crippen molar-refractivity contribution < 1.29 is 23.4 Å². The number of esters is 1. The molecule has 4 nitrogen and oxygen atoms in total. The first-order chi connectivity index (χ1) is 7.60. The third kappa shape index (κ3) is 3.15. The Morgan fingerprint density at radius 1 is 1.50 bits per heavy atom. The van der Waals surface area contributed by atoms with Crippen LogP contribution in [0.25, 0.3) is 0 Å². The topological polar surface area (TPSA) is 44.8 Å². The fraction of sp³-hybridized carbons (Fsp3) is 0.909. The highest BCUT2D eigenvalue weighted by atomic mass is 19.1. The van der Waals surface area contributed by atoms with E-state index in [1.54, 1.807) is 0 Å². The number of methoxy groups -OCH3 is 1. The van der Waals surface area contributed by atoms with Gasteiger partial charge in [-0.1, -0.05) is 13.3 Å². The average Bonchev–Trinajstić information content (AvgIpc) is 2.52. The number of ether oxygens (including phenoxy) is 3. The van der Waals surface area contributed by atoms with E-state index < -0.39 is 24.3 Å². The maximum Gasteiger partial charge on any atom is 0.303 e. The Balaban J connectivity index is 2.57. The number of hydrogen-bond donors (Lipinski definition) is 0. The molecule has 1 aliphatic carbocycles. The normalized spacial score (nSPS) is 34.0. The van der Waals surface area contributed by atoms with Crippen LogP contribution in [0.15, 0.2) is 0 Å². The summed E-state index contributed by atoms with van der Waals surface area (Å²) in [6, 6.07) is 0. The molecule has 0 aromatic rings. The first kappa shape index (κ1) is 13.4. The quantitative estimate of drug-likeness (QED) is 0.536. The van der Waals surface area contributed by atoms with Crippen LogP contribution >= 0.6 is 0 Å². The van der Waals surface area contributed by atoms with Gasteiger partial charge in [0, 0.05) is 14.0 Å². The van der Waals surface area contributed by atoms with Gasteiger partial charge >= 0.3 is 5.97 Å². The van der Waals surface area contributed by atoms with E-state index in [0.717, 1.165) is 6.42 Å². The summed E-state index contributed by atoms with van der Waals surface area (Å²) in [6.45, 7) is 3.32. The number of halogens is 1. The number of alkyl halides is 1. The monoisotopic (exact) mass is 234 g/mol. The van der Waals surface area contributed by atoms with E-state index in [9.17, 15) is 9.18 Å². The molecule has 94 valence electrons. The van der Waals surface area contributed by atoms with Crippen molar-refractivity contribution >= 4 is 5.97 Å². The summed E-state index contributed by atoms with van der Waals surface area (Å²) in [6.07, 6.45) is -1.15. The van der Waals surface area contributed by atoms with Crippen LogP contribution in [0.4, 0.5) is 4.39 Å². The van der Waals surface area contributed by atoms with Crippen molar-refractivity contribution in [3.8, 4) is 0 Å². The lowest BCUT2D eigenvalue weighted by atomic mass is 10.0. The Morgan fingerprint density at radius 2 is 2.19 bits per heavy atom. The number of carbonyl (C=O) groups is 1. The van der Waals surface area contributed by atoms with Gasteiger partial charge in [-0.3, -0.25) is 4.79 Å². The van der Waals surface area contributed by atoms with Crippen molar-refractivity contribution in [3.05, 3.63) is 0 Å². The van der Waals surface area contributed by atoms with Gasteiger partial charge < -0.3 is 14.2 Å². The maximum absolute atomic E-state index is 13.9. The second kappa shape index (κ2) is 6.15. The highest BCUT2D eigenvalue weighted by Gasteiger charge is 2.45. The summed E-state index contributed by atoms with van der Waals surface area (Å²) in [5, 5.41) is 0. The van der Waals surface area contributed by atoms with Crippen LogP contribution in [-0.2, 0) is 19.0 Å². The van der Waals surface area contributed by atoms with Gasteiger partial charge in [0.05, 0.1) is 6.10 Å². The summed E-state index contributed by atoms with van der Waals surface area (Å²) >= 11 is 0. The summed E-state index contributed by atoms with van der Waals surface area (Å²) in [4.78, 5) is 10.8. The molecular formula is C11H19FO4. The fourth-order valence-corrected chi connectivity index (χ4v) is 2.13. The molecule has 0 saturated heterocycles. The molecular weight excluding hydrogens is 215 g/mol. The van der Waals surface area contributed by atoms with Gasteiger partial charge in [-0.05, 0) is 12.3 Å². The van der Waals surface area contributed by atoms with Gasteiger partial charge in [0.25, 0.3) is 0 Å². The number of hydrogen-bond acceptors (Lipinski definition) is 4. The minimum atomic E-state index is -1.26. The van der Waals surface area contributed by atoms with Crippen LogP contribution in [0.1, 0.15) is 26.7 Å². The molecule has 0 aromatic heterocycles. The zero-order chi connectivity index (χ0) is 12.1. The van der Waals surface area contributed by atoms with E-state index in [-0.39, 0.29) is 12.7 Å². The Bertz CT molecular complexity index is 234. The SMILES string of the molecule is CC[C@H]1C[C@@H](OC(C)=O)C(F)[C@@H]1OCOC. The first-order valence-corrected chi connectivity index (χ1v) is 5.52. The lowest BCUT2D eigenvalue weighted by molar-refractivity contribution is -0.152. The average molecular weight is 234 g/mol. The minimum absolute atomic E-state index is 0.0639. The molecule has 1 rings (SSSR count). The second-order valence-electron chi connectivity index (χ2n) is 4.03. The molecule has 0 heterocycles. The van der Waals surface area contributed by atoms with E-state index in [4.69, 9.17) is 14.2 Å². The summed E-state index contributed by atoms with van der Waals surface area (Å²) < 4.78 is 28.9. The molecule has 0 aliphatic heterocycles. The molecule has 0 aromatic carbocycles. The summed E-state index contributed by atoms with van der Waals surface area (Å²) in [5.74, 6) is -0.371. The third-order valence-corrected chi connectivity index (χ3v) is 2.89. The van der Waals surface area contributed by atoms with Crippen LogP contribution in [0, 0.1) is 5.92 Å². The van der Waals surface area contributed by atoms with Crippen molar-refractivity contribution in [1.82, 2.24) is 0 Å². The van der Waals surface area contributed by atoms with Gasteiger partial charge in [0.2, 0.25) is 0 Å². The molecule has 0 N–H and O–H groups in total. The van der Waals surface area contributed by atoms with Crippen LogP contribution in [0.2, 0.25) is 0 Å². The van der Waals surface area contributed by atoms with Crippen molar-refractivity contribution in [3.63, 3.8) is 0 Å². The number of carbonyl (C=O) groups excluding carboxylic acids is 1. The standard InChI is InChI=1S/C11H19FO4/c1-4-8-5-9(16-7(2)13)10(12)11(8)15-6-14-3/h8-11H,4-6H2,1-3H3/t8-,9+,10?,11+/m0/s1. The van der Waals surface area contributed by atoms with Crippen molar-refractivity contribution in [2.45, 2.75) is 45.1 Å². The van der Waals surface area contributed by atoms with E-state index >= 15 is 0 Å². The lowest BCUT2D eigenvalue weighted by Crippen LogP contribution is -2.32. The van der Waals surface area contributed by atoms with E-state index in [1.807, 2.05) is 6.92 Å². The van der Waals surface area contributed by atoms with E-state index in [1.165, 1.54) is 14.0 Å². The van der Waals surface area contributed by atoms with Crippen molar-refractivity contribution in [2.24, 2.45) is 5.92 Å².